The number of carbonyl (C=O) groups is 1. The first kappa shape index (κ1) is 37.6. The van der Waals surface area contributed by atoms with Gasteiger partial charge in [-0.2, -0.15) is 0 Å². The molecule has 3 N–H and O–H groups in total. The Morgan fingerprint density at radius 2 is 1.92 bits per heavy atom. The lowest BCUT2D eigenvalue weighted by Gasteiger charge is -2.38. The highest BCUT2D eigenvalue weighted by Crippen LogP contribution is 2.45. The van der Waals surface area contributed by atoms with Crippen LogP contribution in [0.4, 0.5) is 16.4 Å². The van der Waals surface area contributed by atoms with Crippen molar-refractivity contribution in [2.45, 2.75) is 104 Å². The van der Waals surface area contributed by atoms with Crippen molar-refractivity contribution in [1.29, 1.82) is 0 Å². The molecule has 15 heteroatoms. The summed E-state index contributed by atoms with van der Waals surface area (Å²) in [5.41, 5.74) is 2.07. The van der Waals surface area contributed by atoms with E-state index in [-0.39, 0.29) is 41.7 Å². The monoisotopic (exact) mass is 719 g/mol. The third kappa shape index (κ3) is 9.70. The van der Waals surface area contributed by atoms with E-state index in [1.54, 1.807) is 31.3 Å². The van der Waals surface area contributed by atoms with Crippen LogP contribution in [-0.4, -0.2) is 82.6 Å². The Hall–Kier alpha value is -3.20. The Morgan fingerprint density at radius 1 is 1.21 bits per heavy atom. The van der Waals surface area contributed by atoms with Gasteiger partial charge < -0.3 is 19.7 Å². The van der Waals surface area contributed by atoms with Crippen molar-refractivity contribution >= 4 is 47.4 Å². The van der Waals surface area contributed by atoms with Crippen LogP contribution in [0.5, 0.6) is 0 Å². The summed E-state index contributed by atoms with van der Waals surface area (Å²) in [6, 6.07) is 7.67. The second kappa shape index (κ2) is 15.1. The molecule has 264 valence electrons. The smallest absolute Gasteiger partial charge is 0.408 e. The van der Waals surface area contributed by atoms with Crippen molar-refractivity contribution < 1.29 is 23.1 Å². The summed E-state index contributed by atoms with van der Waals surface area (Å²) >= 11 is 6.95. The first-order valence-electron chi connectivity index (χ1n) is 16.5. The molecule has 0 bridgehead atoms. The van der Waals surface area contributed by atoms with Gasteiger partial charge in [-0.3, -0.25) is 9.62 Å². The van der Waals surface area contributed by atoms with Gasteiger partial charge in [-0.25, -0.2) is 28.2 Å². The van der Waals surface area contributed by atoms with E-state index < -0.39 is 29.7 Å². The molecular weight excluding hydrogens is 670 g/mol. The number of nitrogens with one attached hydrogen (secondary N) is 2. The van der Waals surface area contributed by atoms with E-state index in [0.717, 1.165) is 24.7 Å². The van der Waals surface area contributed by atoms with E-state index >= 15 is 0 Å². The zero-order valence-corrected chi connectivity index (χ0v) is 31.9. The molecule has 4 rings (SSSR count). The molecule has 0 aliphatic heterocycles. The van der Waals surface area contributed by atoms with E-state index in [1.807, 2.05) is 33.8 Å². The number of hydrogen-bond donors (Lipinski definition) is 3. The SMILES string of the molecule is CCCS(=O)(=O)Nc1cccc(-c2nc(C3CC3)n(COCC[Si](C)(C)C)c2-c2ccnc(NC[C@H](C)N(C(=O)O)C(C)(C)C)n2)c1Cl. The Bertz CT molecular complexity index is 1700. The molecule has 3 aromatic rings. The summed E-state index contributed by atoms with van der Waals surface area (Å²) in [7, 11) is -4.92. The molecule has 1 amide bonds. The van der Waals surface area contributed by atoms with Gasteiger partial charge in [0.1, 0.15) is 12.6 Å². The summed E-state index contributed by atoms with van der Waals surface area (Å²) in [4.78, 5) is 27.9. The molecule has 1 aromatic carbocycles. The number of amides is 1. The normalized spacial score (nSPS) is 14.5. The fourth-order valence-electron chi connectivity index (χ4n) is 5.56. The number of ether oxygens (including phenoxy) is 1. The zero-order valence-electron chi connectivity index (χ0n) is 29.3. The molecule has 2 aromatic heterocycles. The topological polar surface area (TPSA) is 152 Å². The minimum absolute atomic E-state index is 0.0245. The van der Waals surface area contributed by atoms with Gasteiger partial charge in [0, 0.05) is 44.4 Å². The minimum Gasteiger partial charge on any atom is -0.465 e. The van der Waals surface area contributed by atoms with Crippen molar-refractivity contribution in [3.63, 3.8) is 0 Å². The van der Waals surface area contributed by atoms with Crippen LogP contribution in [0.15, 0.2) is 30.5 Å². The number of nitrogens with zero attached hydrogens (tertiary/aromatic N) is 5. The van der Waals surface area contributed by atoms with Gasteiger partial charge in [0.05, 0.1) is 39.6 Å². The van der Waals surface area contributed by atoms with Gasteiger partial charge in [-0.1, -0.05) is 50.3 Å². The van der Waals surface area contributed by atoms with Crippen LogP contribution in [0.25, 0.3) is 22.6 Å². The van der Waals surface area contributed by atoms with Crippen molar-refractivity contribution in [3.05, 3.63) is 41.3 Å². The fourth-order valence-corrected chi connectivity index (χ4v) is 7.78. The highest BCUT2D eigenvalue weighted by Gasteiger charge is 2.34. The Balaban J connectivity index is 1.78. The Labute approximate surface area is 290 Å². The average Bonchev–Trinajstić information content (AvgIpc) is 3.74. The van der Waals surface area contributed by atoms with Gasteiger partial charge in [0.25, 0.3) is 0 Å². The number of anilines is 2. The maximum Gasteiger partial charge on any atom is 0.408 e. The third-order valence-electron chi connectivity index (χ3n) is 7.97. The molecule has 1 atom stereocenters. The molecule has 48 heavy (non-hydrogen) atoms. The summed E-state index contributed by atoms with van der Waals surface area (Å²) < 4.78 is 36.3. The van der Waals surface area contributed by atoms with Gasteiger partial charge in [0.2, 0.25) is 16.0 Å². The second-order valence-corrected chi connectivity index (χ2v) is 22.5. The maximum absolute atomic E-state index is 12.7. The highest BCUT2D eigenvalue weighted by molar-refractivity contribution is 7.92. The van der Waals surface area contributed by atoms with Crippen LogP contribution in [0.1, 0.15) is 65.6 Å². The lowest BCUT2D eigenvalue weighted by atomic mass is 10.0. The summed E-state index contributed by atoms with van der Waals surface area (Å²) in [5, 5.41) is 13.3. The number of rotatable bonds is 16. The lowest BCUT2D eigenvalue weighted by Crippen LogP contribution is -2.52. The number of hydrogen-bond acceptors (Lipinski definition) is 8. The third-order valence-corrected chi connectivity index (χ3v) is 11.6. The number of sulfonamides is 1. The Morgan fingerprint density at radius 3 is 2.52 bits per heavy atom. The van der Waals surface area contributed by atoms with Crippen LogP contribution in [0.3, 0.4) is 0 Å². The average molecular weight is 720 g/mol. The van der Waals surface area contributed by atoms with Crippen LogP contribution >= 0.6 is 11.6 Å². The van der Waals surface area contributed by atoms with Gasteiger partial charge in [-0.15, -0.1) is 0 Å². The largest absolute Gasteiger partial charge is 0.465 e. The Kier molecular flexibility index (Phi) is 11.9. The lowest BCUT2D eigenvalue weighted by molar-refractivity contribution is 0.0789. The summed E-state index contributed by atoms with van der Waals surface area (Å²) in [6.45, 7) is 17.3. The van der Waals surface area contributed by atoms with E-state index in [4.69, 9.17) is 26.3 Å². The van der Waals surface area contributed by atoms with Crippen molar-refractivity contribution in [2.24, 2.45) is 0 Å². The van der Waals surface area contributed by atoms with Crippen molar-refractivity contribution in [2.75, 3.05) is 28.9 Å². The molecule has 1 fully saturated rings. The minimum atomic E-state index is -3.59. The summed E-state index contributed by atoms with van der Waals surface area (Å²) in [6.07, 6.45) is 3.11. The van der Waals surface area contributed by atoms with Gasteiger partial charge >= 0.3 is 6.09 Å². The maximum atomic E-state index is 12.7. The number of carboxylic acid groups (broad SMARTS) is 1. The summed E-state index contributed by atoms with van der Waals surface area (Å²) in [5.74, 6) is 1.42. The van der Waals surface area contributed by atoms with Crippen LogP contribution in [0, 0.1) is 0 Å². The molecule has 0 saturated heterocycles. The molecule has 1 aliphatic carbocycles. The second-order valence-electron chi connectivity index (χ2n) is 14.6. The van der Waals surface area contributed by atoms with Gasteiger partial charge in [0.15, 0.2) is 0 Å². The molecular formula is C33H50ClN7O5SSi. The molecule has 1 aliphatic rings. The predicted octanol–water partition coefficient (Wildman–Crippen LogP) is 7.58. The highest BCUT2D eigenvalue weighted by atomic mass is 35.5. The number of aromatic nitrogens is 4. The van der Waals surface area contributed by atoms with E-state index in [9.17, 15) is 18.3 Å². The standard InChI is InChI=1S/C33H50ClN7O5SSi/c1-9-18-47(44,45)39-25-12-10-11-24(27(25)34)28-29(40(30(38-28)23-13-14-23)21-46-17-19-48(6,7)8)26-15-16-35-31(37-26)36-20-22(2)41(32(42)43)33(3,4)5/h10-12,15-16,22-23,39H,9,13-14,17-21H2,1-8H3,(H,42,43)(H,35,36,37)/t22-/m0/s1. The first-order chi connectivity index (χ1) is 22.4. The van der Waals surface area contributed by atoms with Crippen LogP contribution in [-0.2, 0) is 21.5 Å². The van der Waals surface area contributed by atoms with Crippen molar-refractivity contribution in [1.82, 2.24) is 24.4 Å². The van der Waals surface area contributed by atoms with Crippen LogP contribution < -0.4 is 10.0 Å². The molecule has 2 heterocycles. The quantitative estimate of drug-likeness (QED) is 0.100. The molecule has 0 spiro atoms. The van der Waals surface area contributed by atoms with Crippen molar-refractivity contribution in [3.8, 4) is 22.6 Å². The molecule has 12 nitrogen and oxygen atoms in total. The van der Waals surface area contributed by atoms with E-state index in [1.165, 1.54) is 4.90 Å². The van der Waals surface area contributed by atoms with Gasteiger partial charge in [-0.05, 0) is 65.1 Å². The molecule has 1 saturated carbocycles. The number of benzene rings is 1. The number of halogens is 1. The van der Waals surface area contributed by atoms with E-state index in [0.29, 0.717) is 41.6 Å². The van der Waals surface area contributed by atoms with Crippen LogP contribution in [0.2, 0.25) is 30.7 Å². The molecule has 0 radical (unpaired) electrons. The molecule has 0 unspecified atom stereocenters. The fraction of sp³-hybridized carbons (Fsp3) is 0.576. The van der Waals surface area contributed by atoms with E-state index in [2.05, 4.69) is 39.2 Å². The first-order valence-corrected chi connectivity index (χ1v) is 22.2. The zero-order chi connectivity index (χ0) is 35.4. The predicted molar refractivity (Wildman–Crippen MR) is 195 cm³/mol. The number of imidazole rings is 1.